The van der Waals surface area contributed by atoms with Gasteiger partial charge < -0.3 is 9.47 Å². The molecular weight excluding hydrogens is 180 g/mol. The molecule has 0 aromatic rings. The van der Waals surface area contributed by atoms with Gasteiger partial charge in [0, 0.05) is 0 Å². The largest absolute Gasteiger partial charge is 0.508 e. The second-order valence-corrected chi connectivity index (χ2v) is 3.87. The monoisotopic (exact) mass is 202 g/mol. The molecule has 1 atom stereocenters. The number of rotatable bonds is 6. The average molecular weight is 202 g/mol. The van der Waals surface area contributed by atoms with E-state index in [2.05, 4.69) is 6.92 Å². The highest BCUT2D eigenvalue weighted by Gasteiger charge is 2.13. The summed E-state index contributed by atoms with van der Waals surface area (Å²) in [7, 11) is 0. The maximum Gasteiger partial charge on any atom is 0.508 e. The molecule has 0 aliphatic heterocycles. The van der Waals surface area contributed by atoms with E-state index < -0.39 is 6.16 Å². The number of hydrogen-bond donors (Lipinski definition) is 0. The molecule has 84 valence electrons. The highest BCUT2D eigenvalue weighted by atomic mass is 16.7. The quantitative estimate of drug-likeness (QED) is 0.489. The lowest BCUT2D eigenvalue weighted by Gasteiger charge is -2.15. The zero-order chi connectivity index (χ0) is 11.0. The predicted molar refractivity (Wildman–Crippen MR) is 56.3 cm³/mol. The molecule has 0 amide bonds. The predicted octanol–water partition coefficient (Wildman–Crippen LogP) is 3.37. The van der Waals surface area contributed by atoms with Crippen molar-refractivity contribution in [1.82, 2.24) is 0 Å². The first-order valence-corrected chi connectivity index (χ1v) is 5.41. The van der Waals surface area contributed by atoms with Gasteiger partial charge in [-0.05, 0) is 19.3 Å². The molecule has 0 N–H and O–H groups in total. The van der Waals surface area contributed by atoms with Crippen molar-refractivity contribution in [3.8, 4) is 0 Å². The van der Waals surface area contributed by atoms with Crippen LogP contribution in [0.1, 0.15) is 47.0 Å². The Balaban J connectivity index is 3.45. The highest BCUT2D eigenvalue weighted by Crippen LogP contribution is 2.06. The van der Waals surface area contributed by atoms with E-state index in [-0.39, 0.29) is 6.10 Å². The van der Waals surface area contributed by atoms with Gasteiger partial charge in [-0.1, -0.05) is 33.6 Å². The van der Waals surface area contributed by atoms with Gasteiger partial charge in [-0.3, -0.25) is 0 Å². The Morgan fingerprint density at radius 2 is 1.86 bits per heavy atom. The van der Waals surface area contributed by atoms with Crippen LogP contribution in [-0.2, 0) is 9.47 Å². The van der Waals surface area contributed by atoms with Crippen LogP contribution < -0.4 is 0 Å². The summed E-state index contributed by atoms with van der Waals surface area (Å²) in [6.45, 7) is 8.47. The minimum Gasteiger partial charge on any atom is -0.434 e. The van der Waals surface area contributed by atoms with Gasteiger partial charge in [-0.15, -0.1) is 0 Å². The van der Waals surface area contributed by atoms with E-state index in [0.717, 1.165) is 19.3 Å². The molecule has 0 aromatic carbocycles. The molecule has 3 nitrogen and oxygen atoms in total. The Morgan fingerprint density at radius 3 is 2.36 bits per heavy atom. The zero-order valence-electron chi connectivity index (χ0n) is 9.71. The normalized spacial score (nSPS) is 12.6. The van der Waals surface area contributed by atoms with Crippen LogP contribution in [0.2, 0.25) is 0 Å². The molecule has 0 aliphatic carbocycles. The standard InChI is InChI=1S/C11H22O3/c1-5-6-7-8-13-11(12)14-10(4)9(2)3/h9-10H,5-8H2,1-4H3. The van der Waals surface area contributed by atoms with Gasteiger partial charge in [0.05, 0.1) is 6.61 Å². The summed E-state index contributed by atoms with van der Waals surface area (Å²) in [4.78, 5) is 11.1. The second kappa shape index (κ2) is 7.65. The summed E-state index contributed by atoms with van der Waals surface area (Å²) < 4.78 is 9.93. The van der Waals surface area contributed by atoms with E-state index >= 15 is 0 Å². The van der Waals surface area contributed by atoms with Gasteiger partial charge in [0.1, 0.15) is 6.10 Å². The van der Waals surface area contributed by atoms with Crippen LogP contribution in [0.25, 0.3) is 0 Å². The maximum atomic E-state index is 11.1. The molecule has 3 heteroatoms. The number of ether oxygens (including phenoxy) is 2. The molecule has 0 radical (unpaired) electrons. The Kier molecular flexibility index (Phi) is 7.25. The van der Waals surface area contributed by atoms with Gasteiger partial charge in [-0.2, -0.15) is 0 Å². The van der Waals surface area contributed by atoms with Crippen molar-refractivity contribution in [3.63, 3.8) is 0 Å². The maximum absolute atomic E-state index is 11.1. The Labute approximate surface area is 86.8 Å². The average Bonchev–Trinajstić information content (AvgIpc) is 2.12. The first-order valence-electron chi connectivity index (χ1n) is 5.41. The molecule has 14 heavy (non-hydrogen) atoms. The van der Waals surface area contributed by atoms with Crippen LogP contribution in [0.3, 0.4) is 0 Å². The fraction of sp³-hybridized carbons (Fsp3) is 0.909. The lowest BCUT2D eigenvalue weighted by atomic mass is 10.1. The Bertz CT molecular complexity index is 155. The molecule has 0 rings (SSSR count). The number of hydrogen-bond acceptors (Lipinski definition) is 3. The van der Waals surface area contributed by atoms with Gasteiger partial charge in [0.15, 0.2) is 0 Å². The van der Waals surface area contributed by atoms with E-state index in [1.807, 2.05) is 20.8 Å². The summed E-state index contributed by atoms with van der Waals surface area (Å²) in [5.74, 6) is 0.332. The molecule has 0 aliphatic rings. The summed E-state index contributed by atoms with van der Waals surface area (Å²) in [5, 5.41) is 0. The van der Waals surface area contributed by atoms with Crippen molar-refractivity contribution >= 4 is 6.16 Å². The summed E-state index contributed by atoms with van der Waals surface area (Å²) in [5.41, 5.74) is 0. The minimum absolute atomic E-state index is 0.0753. The SMILES string of the molecule is CCCCCOC(=O)OC(C)C(C)C. The molecular formula is C11H22O3. The topological polar surface area (TPSA) is 35.5 Å². The van der Waals surface area contributed by atoms with Gasteiger partial charge in [0.25, 0.3) is 0 Å². The molecule has 1 unspecified atom stereocenters. The highest BCUT2D eigenvalue weighted by molar-refractivity contribution is 5.60. The van der Waals surface area contributed by atoms with Crippen LogP contribution in [0.4, 0.5) is 4.79 Å². The molecule has 0 bridgehead atoms. The Hall–Kier alpha value is -0.730. The van der Waals surface area contributed by atoms with Gasteiger partial charge in [-0.25, -0.2) is 4.79 Å². The van der Waals surface area contributed by atoms with Gasteiger partial charge >= 0.3 is 6.16 Å². The fourth-order valence-corrected chi connectivity index (χ4v) is 0.829. The summed E-state index contributed by atoms with van der Waals surface area (Å²) in [6.07, 6.45) is 2.52. The minimum atomic E-state index is -0.540. The first-order chi connectivity index (χ1) is 6.57. The van der Waals surface area contributed by atoms with E-state index in [1.165, 1.54) is 0 Å². The van der Waals surface area contributed by atoms with Crippen molar-refractivity contribution < 1.29 is 14.3 Å². The van der Waals surface area contributed by atoms with Gasteiger partial charge in [0.2, 0.25) is 0 Å². The van der Waals surface area contributed by atoms with Crippen LogP contribution in [0.5, 0.6) is 0 Å². The zero-order valence-corrected chi connectivity index (χ0v) is 9.71. The van der Waals surface area contributed by atoms with Crippen molar-refractivity contribution in [3.05, 3.63) is 0 Å². The molecule has 0 fully saturated rings. The second-order valence-electron chi connectivity index (χ2n) is 3.87. The van der Waals surface area contributed by atoms with Crippen molar-refractivity contribution in [2.45, 2.75) is 53.1 Å². The Morgan fingerprint density at radius 1 is 1.21 bits per heavy atom. The molecule has 0 heterocycles. The third kappa shape index (κ3) is 6.75. The molecule has 0 aromatic heterocycles. The molecule has 0 saturated carbocycles. The number of carbonyl (C=O) groups is 1. The van der Waals surface area contributed by atoms with E-state index in [4.69, 9.17) is 9.47 Å². The van der Waals surface area contributed by atoms with Crippen molar-refractivity contribution in [2.24, 2.45) is 5.92 Å². The number of unbranched alkanes of at least 4 members (excludes halogenated alkanes) is 2. The summed E-state index contributed by atoms with van der Waals surface area (Å²) >= 11 is 0. The lowest BCUT2D eigenvalue weighted by molar-refractivity contribution is 0.0140. The third-order valence-electron chi connectivity index (χ3n) is 2.19. The van der Waals surface area contributed by atoms with E-state index in [1.54, 1.807) is 0 Å². The van der Waals surface area contributed by atoms with Crippen LogP contribution >= 0.6 is 0 Å². The van der Waals surface area contributed by atoms with E-state index in [9.17, 15) is 4.79 Å². The number of carbonyl (C=O) groups excluding carboxylic acids is 1. The molecule has 0 saturated heterocycles. The first kappa shape index (κ1) is 13.3. The van der Waals surface area contributed by atoms with Crippen molar-refractivity contribution in [1.29, 1.82) is 0 Å². The van der Waals surface area contributed by atoms with Crippen LogP contribution in [0, 0.1) is 5.92 Å². The fourth-order valence-electron chi connectivity index (χ4n) is 0.829. The van der Waals surface area contributed by atoms with Crippen LogP contribution in [0.15, 0.2) is 0 Å². The van der Waals surface area contributed by atoms with Crippen molar-refractivity contribution in [2.75, 3.05) is 6.61 Å². The summed E-state index contributed by atoms with van der Waals surface area (Å²) in [6, 6.07) is 0. The van der Waals surface area contributed by atoms with E-state index in [0.29, 0.717) is 12.5 Å². The molecule has 0 spiro atoms. The van der Waals surface area contributed by atoms with Crippen LogP contribution in [-0.4, -0.2) is 18.9 Å². The smallest absolute Gasteiger partial charge is 0.434 e. The third-order valence-corrected chi connectivity index (χ3v) is 2.19. The lowest BCUT2D eigenvalue weighted by Crippen LogP contribution is -2.21.